The Morgan fingerprint density at radius 2 is 1.82 bits per heavy atom. The molecular formula is C25H27FN4O3. The molecule has 3 aromatic rings. The van der Waals surface area contributed by atoms with Gasteiger partial charge in [0.2, 0.25) is 0 Å². The van der Waals surface area contributed by atoms with Gasteiger partial charge in [0.15, 0.2) is 5.60 Å². The first-order valence-electron chi connectivity index (χ1n) is 10.4. The maximum Gasteiger partial charge on any atom is 0.254 e. The average molecular weight is 451 g/mol. The fraction of sp³-hybridized carbons (Fsp3) is 0.200. The minimum atomic E-state index is -1.77. The molecule has 0 aliphatic rings. The summed E-state index contributed by atoms with van der Waals surface area (Å²) in [6, 6.07) is 18.7. The maximum atomic E-state index is 15.1. The number of methoxy groups -OCH3 is 1. The molecule has 7 nitrogen and oxygen atoms in total. The topological polar surface area (TPSA) is 123 Å². The Labute approximate surface area is 192 Å². The van der Waals surface area contributed by atoms with E-state index in [9.17, 15) is 4.79 Å². The predicted molar refractivity (Wildman–Crippen MR) is 126 cm³/mol. The maximum absolute atomic E-state index is 15.1. The Kier molecular flexibility index (Phi) is 7.30. The summed E-state index contributed by atoms with van der Waals surface area (Å²) >= 11 is 0. The van der Waals surface area contributed by atoms with E-state index in [4.69, 9.17) is 26.4 Å². The van der Waals surface area contributed by atoms with E-state index in [2.05, 4.69) is 5.32 Å². The third-order valence-electron chi connectivity index (χ3n) is 5.31. The van der Waals surface area contributed by atoms with Crippen molar-refractivity contribution < 1.29 is 18.7 Å². The van der Waals surface area contributed by atoms with Crippen LogP contribution < -0.4 is 21.5 Å². The smallest absolute Gasteiger partial charge is 0.254 e. The highest BCUT2D eigenvalue weighted by atomic mass is 19.1. The summed E-state index contributed by atoms with van der Waals surface area (Å²) in [6.45, 7) is 1.84. The molecule has 1 amide bonds. The fourth-order valence-electron chi connectivity index (χ4n) is 3.67. The van der Waals surface area contributed by atoms with E-state index >= 15 is 4.39 Å². The van der Waals surface area contributed by atoms with Crippen LogP contribution in [0.4, 0.5) is 15.8 Å². The number of hydrogen-bond donors (Lipinski definition) is 4. The number of carbonyl (C=O) groups is 1. The van der Waals surface area contributed by atoms with Gasteiger partial charge >= 0.3 is 0 Å². The highest BCUT2D eigenvalue weighted by Gasteiger charge is 2.42. The molecule has 0 heterocycles. The Balaban J connectivity index is 2.14. The zero-order valence-electron chi connectivity index (χ0n) is 18.5. The lowest BCUT2D eigenvalue weighted by Crippen LogP contribution is -2.46. The molecule has 0 aromatic heterocycles. The summed E-state index contributed by atoms with van der Waals surface area (Å²) < 4.78 is 26.1. The largest absolute Gasteiger partial charge is 0.497 e. The third-order valence-corrected chi connectivity index (χ3v) is 5.31. The van der Waals surface area contributed by atoms with E-state index in [1.807, 2.05) is 30.3 Å². The van der Waals surface area contributed by atoms with E-state index in [0.717, 1.165) is 5.69 Å². The summed E-state index contributed by atoms with van der Waals surface area (Å²) in [5, 5.41) is 11.1. The lowest BCUT2D eigenvalue weighted by atomic mass is 9.84. The van der Waals surface area contributed by atoms with Gasteiger partial charge in [0.25, 0.3) is 5.91 Å². The second kappa shape index (κ2) is 10.1. The van der Waals surface area contributed by atoms with Crippen molar-refractivity contribution in [3.05, 3.63) is 89.2 Å². The molecule has 0 aliphatic carbocycles. The summed E-state index contributed by atoms with van der Waals surface area (Å²) in [6.07, 6.45) is -0.0488. The molecule has 3 aromatic carbocycles. The van der Waals surface area contributed by atoms with Crippen molar-refractivity contribution in [2.45, 2.75) is 18.9 Å². The molecule has 0 spiro atoms. The van der Waals surface area contributed by atoms with Gasteiger partial charge in [0.05, 0.1) is 7.11 Å². The van der Waals surface area contributed by atoms with Crippen molar-refractivity contribution in [3.63, 3.8) is 0 Å². The zero-order valence-corrected chi connectivity index (χ0v) is 18.5. The second-order valence-electron chi connectivity index (χ2n) is 7.42. The third kappa shape index (κ3) is 5.12. The molecule has 0 bridgehead atoms. The number of hydrogen-bond acceptors (Lipinski definition) is 5. The van der Waals surface area contributed by atoms with Gasteiger partial charge in [-0.3, -0.25) is 10.2 Å². The van der Waals surface area contributed by atoms with Crippen molar-refractivity contribution in [3.8, 4) is 5.75 Å². The molecule has 0 radical (unpaired) electrons. The fourth-order valence-corrected chi connectivity index (χ4v) is 3.67. The molecule has 172 valence electrons. The number of para-hydroxylation sites is 1. The van der Waals surface area contributed by atoms with Crippen LogP contribution in [-0.4, -0.2) is 25.5 Å². The first kappa shape index (κ1) is 23.7. The standard InChI is InChI=1S/C25H27FN4O3/c1-3-33-25(24(29)31,20-12-11-19(32-2)14-21(20)26)15-17-10-9-16(23(27)28)13-22(17)30-18-7-5-4-6-8-18/h4-14,30H,3,15H2,1-2H3,(H3,27,28)(H2,29,31). The lowest BCUT2D eigenvalue weighted by molar-refractivity contribution is -0.145. The minimum absolute atomic E-state index is 0.0129. The predicted octanol–water partition coefficient (Wildman–Crippen LogP) is 3.82. The molecule has 1 atom stereocenters. The molecule has 8 heteroatoms. The number of amidine groups is 1. The number of rotatable bonds is 10. The van der Waals surface area contributed by atoms with Crippen molar-refractivity contribution >= 4 is 23.1 Å². The Morgan fingerprint density at radius 3 is 2.39 bits per heavy atom. The average Bonchev–Trinajstić information content (AvgIpc) is 2.80. The van der Waals surface area contributed by atoms with Gasteiger partial charge in [-0.1, -0.05) is 30.3 Å². The van der Waals surface area contributed by atoms with Crippen LogP contribution in [0, 0.1) is 11.2 Å². The van der Waals surface area contributed by atoms with Gasteiger partial charge in [0.1, 0.15) is 17.4 Å². The number of anilines is 2. The molecule has 33 heavy (non-hydrogen) atoms. The molecular weight excluding hydrogens is 423 g/mol. The van der Waals surface area contributed by atoms with Crippen LogP contribution >= 0.6 is 0 Å². The number of halogens is 1. The van der Waals surface area contributed by atoms with Crippen molar-refractivity contribution in [1.82, 2.24) is 0 Å². The number of primary amides is 1. The van der Waals surface area contributed by atoms with Gasteiger partial charge in [-0.15, -0.1) is 0 Å². The van der Waals surface area contributed by atoms with E-state index < -0.39 is 17.3 Å². The summed E-state index contributed by atoms with van der Waals surface area (Å²) in [5.41, 5.74) is 12.3. The molecule has 0 saturated heterocycles. The number of nitrogens with one attached hydrogen (secondary N) is 2. The molecule has 0 saturated carbocycles. The molecule has 3 rings (SSSR count). The van der Waals surface area contributed by atoms with Crippen molar-refractivity contribution in [2.75, 3.05) is 19.0 Å². The van der Waals surface area contributed by atoms with Gasteiger partial charge in [0, 0.05) is 41.6 Å². The van der Waals surface area contributed by atoms with Gasteiger partial charge in [-0.05, 0) is 42.8 Å². The van der Waals surface area contributed by atoms with E-state index in [1.54, 1.807) is 31.2 Å². The minimum Gasteiger partial charge on any atom is -0.497 e. The van der Waals surface area contributed by atoms with Crippen LogP contribution in [0.2, 0.25) is 0 Å². The Hall–Kier alpha value is -3.91. The second-order valence-corrected chi connectivity index (χ2v) is 7.42. The monoisotopic (exact) mass is 450 g/mol. The zero-order chi connectivity index (χ0) is 24.0. The van der Waals surface area contributed by atoms with E-state index in [1.165, 1.54) is 19.2 Å². The molecule has 0 aliphatic heterocycles. The normalized spacial score (nSPS) is 12.6. The van der Waals surface area contributed by atoms with Crippen LogP contribution in [0.1, 0.15) is 23.6 Å². The highest BCUT2D eigenvalue weighted by Crippen LogP contribution is 2.36. The first-order valence-corrected chi connectivity index (χ1v) is 10.4. The summed E-state index contributed by atoms with van der Waals surface area (Å²) in [7, 11) is 1.43. The number of nitrogens with two attached hydrogens (primary N) is 2. The van der Waals surface area contributed by atoms with Gasteiger partial charge < -0.3 is 26.3 Å². The van der Waals surface area contributed by atoms with Gasteiger partial charge in [-0.25, -0.2) is 4.39 Å². The van der Waals surface area contributed by atoms with Crippen LogP contribution in [0.5, 0.6) is 5.75 Å². The van der Waals surface area contributed by atoms with E-state index in [0.29, 0.717) is 22.6 Å². The quantitative estimate of drug-likeness (QED) is 0.276. The number of benzene rings is 3. The lowest BCUT2D eigenvalue weighted by Gasteiger charge is -2.32. The van der Waals surface area contributed by atoms with Crippen LogP contribution in [0.3, 0.4) is 0 Å². The number of nitrogen functional groups attached to an aromatic ring is 1. The number of ether oxygens (including phenoxy) is 2. The molecule has 1 unspecified atom stereocenters. The van der Waals surface area contributed by atoms with Crippen LogP contribution in [0.15, 0.2) is 66.7 Å². The molecule has 0 fully saturated rings. The van der Waals surface area contributed by atoms with Gasteiger partial charge in [-0.2, -0.15) is 0 Å². The molecule has 6 N–H and O–H groups in total. The Morgan fingerprint density at radius 1 is 1.09 bits per heavy atom. The summed E-state index contributed by atoms with van der Waals surface area (Å²) in [5.74, 6) is -1.29. The van der Waals surface area contributed by atoms with Crippen molar-refractivity contribution in [2.24, 2.45) is 11.5 Å². The van der Waals surface area contributed by atoms with Crippen LogP contribution in [0.25, 0.3) is 0 Å². The van der Waals surface area contributed by atoms with E-state index in [-0.39, 0.29) is 24.4 Å². The van der Waals surface area contributed by atoms with Crippen molar-refractivity contribution in [1.29, 1.82) is 5.41 Å². The Bertz CT molecular complexity index is 1150. The highest BCUT2D eigenvalue weighted by molar-refractivity contribution is 5.96. The number of carbonyl (C=O) groups excluding carboxylic acids is 1. The first-order chi connectivity index (χ1) is 15.8. The number of amides is 1. The van der Waals surface area contributed by atoms with Crippen LogP contribution in [-0.2, 0) is 21.6 Å². The summed E-state index contributed by atoms with van der Waals surface area (Å²) in [4.78, 5) is 12.8. The SMILES string of the molecule is CCOC(Cc1ccc(C(=N)N)cc1Nc1ccccc1)(C(N)=O)c1ccc(OC)cc1F.